The highest BCUT2D eigenvalue weighted by Gasteiger charge is 2.33. The van der Waals surface area contributed by atoms with Crippen molar-refractivity contribution in [3.8, 4) is 5.75 Å². The van der Waals surface area contributed by atoms with E-state index < -0.39 is 21.1 Å². The molecule has 0 amide bonds. The van der Waals surface area contributed by atoms with E-state index in [1.54, 1.807) is 0 Å². The Bertz CT molecular complexity index is 509. The van der Waals surface area contributed by atoms with Gasteiger partial charge in [-0.1, -0.05) is 0 Å². The van der Waals surface area contributed by atoms with Crippen LogP contribution in [0.5, 0.6) is 5.75 Å². The molecule has 1 atom stereocenters. The van der Waals surface area contributed by atoms with Gasteiger partial charge in [-0.25, -0.2) is 8.42 Å². The van der Waals surface area contributed by atoms with E-state index in [4.69, 9.17) is 15.6 Å². The van der Waals surface area contributed by atoms with Gasteiger partial charge in [0.05, 0.1) is 12.0 Å². The second-order valence-corrected chi connectivity index (χ2v) is 5.76. The minimum absolute atomic E-state index is 0.00759. The third kappa shape index (κ3) is 2.99. The Morgan fingerprint density at radius 3 is 2.33 bits per heavy atom. The third-order valence-corrected chi connectivity index (χ3v) is 4.58. The summed E-state index contributed by atoms with van der Waals surface area (Å²) in [6.07, 6.45) is -0.121. The zero-order valence-electron chi connectivity index (χ0n) is 9.87. The standard InChI is InChI=1S/C11H15NO5S/c1-17-8-2-4-9(5-3-8)18(15,16)10(6-7-12)11(13)14/h2-5,10H,6-7,12H2,1H3,(H,13,14). The van der Waals surface area contributed by atoms with E-state index in [0.717, 1.165) is 0 Å². The minimum Gasteiger partial charge on any atom is -0.497 e. The second kappa shape index (κ2) is 5.83. The maximum atomic E-state index is 12.1. The Kier molecular flexibility index (Phi) is 4.69. The molecule has 1 unspecified atom stereocenters. The molecule has 0 aliphatic rings. The molecule has 0 aliphatic carbocycles. The van der Waals surface area contributed by atoms with Gasteiger partial charge in [-0.15, -0.1) is 0 Å². The maximum absolute atomic E-state index is 12.1. The Balaban J connectivity index is 3.13. The maximum Gasteiger partial charge on any atom is 0.322 e. The number of aliphatic carboxylic acids is 1. The average Bonchev–Trinajstić information content (AvgIpc) is 2.35. The van der Waals surface area contributed by atoms with Crippen LogP contribution in [0.2, 0.25) is 0 Å². The molecule has 0 radical (unpaired) electrons. The quantitative estimate of drug-likeness (QED) is 0.770. The van der Waals surface area contributed by atoms with E-state index in [2.05, 4.69) is 0 Å². The zero-order chi connectivity index (χ0) is 13.8. The van der Waals surface area contributed by atoms with Crippen LogP contribution < -0.4 is 10.5 Å². The van der Waals surface area contributed by atoms with Gasteiger partial charge in [-0.05, 0) is 37.2 Å². The lowest BCUT2D eigenvalue weighted by Crippen LogP contribution is -2.32. The van der Waals surface area contributed by atoms with E-state index in [1.165, 1.54) is 31.4 Å². The third-order valence-electron chi connectivity index (χ3n) is 2.47. The number of sulfone groups is 1. The van der Waals surface area contributed by atoms with Gasteiger partial charge in [-0.3, -0.25) is 4.79 Å². The van der Waals surface area contributed by atoms with Gasteiger partial charge >= 0.3 is 5.97 Å². The molecule has 0 saturated carbocycles. The van der Waals surface area contributed by atoms with Gasteiger partial charge in [0.1, 0.15) is 5.75 Å². The van der Waals surface area contributed by atoms with Crippen LogP contribution in [-0.4, -0.2) is 38.4 Å². The summed E-state index contributed by atoms with van der Waals surface area (Å²) in [7, 11) is -2.47. The van der Waals surface area contributed by atoms with Crippen molar-refractivity contribution in [3.05, 3.63) is 24.3 Å². The van der Waals surface area contributed by atoms with Crippen LogP contribution in [0.1, 0.15) is 6.42 Å². The normalized spacial score (nSPS) is 13.0. The molecule has 1 aromatic carbocycles. The van der Waals surface area contributed by atoms with Crippen molar-refractivity contribution in [1.29, 1.82) is 0 Å². The minimum atomic E-state index is -3.92. The molecule has 6 nitrogen and oxygen atoms in total. The fraction of sp³-hybridized carbons (Fsp3) is 0.364. The Morgan fingerprint density at radius 1 is 1.39 bits per heavy atom. The smallest absolute Gasteiger partial charge is 0.322 e. The summed E-state index contributed by atoms with van der Waals surface area (Å²) in [6, 6.07) is 5.57. The van der Waals surface area contributed by atoms with Gasteiger partial charge in [0, 0.05) is 0 Å². The molecule has 3 N–H and O–H groups in total. The molecule has 1 rings (SSSR count). The molecular weight excluding hydrogens is 258 g/mol. The SMILES string of the molecule is COc1ccc(S(=O)(=O)C(CCN)C(=O)O)cc1. The molecule has 0 fully saturated rings. The zero-order valence-corrected chi connectivity index (χ0v) is 10.7. The van der Waals surface area contributed by atoms with Crippen LogP contribution in [0.4, 0.5) is 0 Å². The Hall–Kier alpha value is -1.60. The number of carboxylic acid groups (broad SMARTS) is 1. The summed E-state index contributed by atoms with van der Waals surface area (Å²) >= 11 is 0. The first kappa shape index (κ1) is 14.5. The van der Waals surface area contributed by atoms with Crippen LogP contribution in [0.15, 0.2) is 29.2 Å². The predicted molar refractivity (Wildman–Crippen MR) is 65.3 cm³/mol. The number of benzene rings is 1. The molecule has 0 bridgehead atoms. The first-order valence-electron chi connectivity index (χ1n) is 5.24. The second-order valence-electron chi connectivity index (χ2n) is 3.62. The summed E-state index contributed by atoms with van der Waals surface area (Å²) in [4.78, 5) is 10.9. The average molecular weight is 273 g/mol. The van der Waals surface area contributed by atoms with Crippen molar-refractivity contribution in [2.75, 3.05) is 13.7 Å². The van der Waals surface area contributed by atoms with Gasteiger partial charge in [0.25, 0.3) is 0 Å². The number of hydrogen-bond acceptors (Lipinski definition) is 5. The highest BCUT2D eigenvalue weighted by molar-refractivity contribution is 7.92. The summed E-state index contributed by atoms with van der Waals surface area (Å²) in [5.74, 6) is -0.893. The molecule has 0 saturated heterocycles. The van der Waals surface area contributed by atoms with E-state index in [-0.39, 0.29) is 17.9 Å². The molecule has 18 heavy (non-hydrogen) atoms. The van der Waals surface area contributed by atoms with E-state index in [1.807, 2.05) is 0 Å². The van der Waals surface area contributed by atoms with Crippen molar-refractivity contribution in [3.63, 3.8) is 0 Å². The molecule has 100 valence electrons. The number of carboxylic acids is 1. The number of ether oxygens (including phenoxy) is 1. The number of hydrogen-bond donors (Lipinski definition) is 2. The molecule has 1 aromatic rings. The first-order valence-corrected chi connectivity index (χ1v) is 6.79. The topological polar surface area (TPSA) is 107 Å². The van der Waals surface area contributed by atoms with Crippen molar-refractivity contribution in [2.24, 2.45) is 5.73 Å². The molecule has 0 aromatic heterocycles. The Labute approximate surface area is 105 Å². The predicted octanol–water partition coefficient (Wildman–Crippen LogP) is 0.271. The fourth-order valence-electron chi connectivity index (χ4n) is 1.49. The molecule has 7 heteroatoms. The molecule has 0 aliphatic heterocycles. The summed E-state index contributed by atoms with van der Waals surface area (Å²) < 4.78 is 29.1. The van der Waals surface area contributed by atoms with Crippen LogP contribution in [-0.2, 0) is 14.6 Å². The van der Waals surface area contributed by atoms with E-state index >= 15 is 0 Å². The van der Waals surface area contributed by atoms with E-state index in [9.17, 15) is 13.2 Å². The van der Waals surface area contributed by atoms with Crippen LogP contribution in [0.25, 0.3) is 0 Å². The molecular formula is C11H15NO5S. The summed E-state index contributed by atoms with van der Waals surface area (Å²) in [6.45, 7) is -0.00759. The summed E-state index contributed by atoms with van der Waals surface area (Å²) in [5.41, 5.74) is 5.24. The first-order chi connectivity index (χ1) is 8.43. The van der Waals surface area contributed by atoms with Gasteiger partial charge in [-0.2, -0.15) is 0 Å². The van der Waals surface area contributed by atoms with Gasteiger partial charge in [0.2, 0.25) is 0 Å². The number of rotatable bonds is 6. The van der Waals surface area contributed by atoms with Gasteiger partial charge in [0.15, 0.2) is 15.1 Å². The van der Waals surface area contributed by atoms with Crippen molar-refractivity contribution >= 4 is 15.8 Å². The number of nitrogens with two attached hydrogens (primary N) is 1. The lowest BCUT2D eigenvalue weighted by atomic mass is 10.3. The molecule has 0 spiro atoms. The van der Waals surface area contributed by atoms with Crippen molar-refractivity contribution < 1.29 is 23.1 Å². The number of methoxy groups -OCH3 is 1. The van der Waals surface area contributed by atoms with E-state index in [0.29, 0.717) is 5.75 Å². The van der Waals surface area contributed by atoms with Crippen molar-refractivity contribution in [2.45, 2.75) is 16.6 Å². The fourth-order valence-corrected chi connectivity index (χ4v) is 3.05. The molecule has 0 heterocycles. The highest BCUT2D eigenvalue weighted by atomic mass is 32.2. The largest absolute Gasteiger partial charge is 0.497 e. The lowest BCUT2D eigenvalue weighted by Gasteiger charge is -2.12. The monoisotopic (exact) mass is 273 g/mol. The highest BCUT2D eigenvalue weighted by Crippen LogP contribution is 2.21. The lowest BCUT2D eigenvalue weighted by molar-refractivity contribution is -0.136. The van der Waals surface area contributed by atoms with Crippen LogP contribution in [0, 0.1) is 0 Å². The number of carbonyl (C=O) groups is 1. The van der Waals surface area contributed by atoms with Gasteiger partial charge < -0.3 is 15.6 Å². The van der Waals surface area contributed by atoms with Crippen LogP contribution in [0.3, 0.4) is 0 Å². The summed E-state index contributed by atoms with van der Waals surface area (Å²) in [5, 5.41) is 7.42. The van der Waals surface area contributed by atoms with Crippen molar-refractivity contribution in [1.82, 2.24) is 0 Å². The Morgan fingerprint density at radius 2 is 1.94 bits per heavy atom. The van der Waals surface area contributed by atoms with Crippen LogP contribution >= 0.6 is 0 Å².